The molecular formula is C17H25LiO3. The van der Waals surface area contributed by atoms with Gasteiger partial charge in [0.25, 0.3) is 0 Å². The van der Waals surface area contributed by atoms with Crippen LogP contribution < -0.4 is 24.0 Å². The molecule has 3 nitrogen and oxygen atoms in total. The molecule has 0 aromatic heterocycles. The van der Waals surface area contributed by atoms with E-state index in [-0.39, 0.29) is 36.1 Å². The maximum absolute atomic E-state index is 10.6. The average Bonchev–Trinajstić information content (AvgIpc) is 2.24. The van der Waals surface area contributed by atoms with E-state index in [2.05, 4.69) is 0 Å². The van der Waals surface area contributed by atoms with Gasteiger partial charge in [-0.1, -0.05) is 53.7 Å². The van der Waals surface area contributed by atoms with E-state index in [1.54, 1.807) is 0 Å². The number of hydrogen-bond acceptors (Lipinski definition) is 3. The van der Waals surface area contributed by atoms with Crippen LogP contribution in [0.1, 0.15) is 64.7 Å². The van der Waals surface area contributed by atoms with Gasteiger partial charge in [0.15, 0.2) is 0 Å². The first-order valence-corrected chi connectivity index (χ1v) is 6.99. The van der Waals surface area contributed by atoms with Crippen LogP contribution in [0, 0.1) is 0 Å². The van der Waals surface area contributed by atoms with E-state index in [1.807, 2.05) is 53.7 Å². The van der Waals surface area contributed by atoms with Gasteiger partial charge in [-0.15, -0.1) is 0 Å². The number of carbonyl (C=O) groups is 1. The quantitative estimate of drug-likeness (QED) is 0.774. The first-order valence-electron chi connectivity index (χ1n) is 6.99. The molecule has 0 aliphatic carbocycles. The van der Waals surface area contributed by atoms with Crippen LogP contribution in [-0.4, -0.2) is 11.1 Å². The first-order chi connectivity index (χ1) is 8.93. The van der Waals surface area contributed by atoms with Crippen molar-refractivity contribution in [2.75, 3.05) is 0 Å². The fraction of sp³-hybridized carbons (Fsp3) is 0.588. The van der Waals surface area contributed by atoms with Gasteiger partial charge >= 0.3 is 18.9 Å². The Bertz CT molecular complexity index is 473. The molecule has 0 atom stereocenters. The summed E-state index contributed by atoms with van der Waals surface area (Å²) in [5.74, 6) is -0.727. The normalized spacial score (nSPS) is 11.9. The number of carboxylic acids is 1. The second-order valence-corrected chi connectivity index (χ2v) is 7.41. The van der Waals surface area contributed by atoms with Gasteiger partial charge in [0.05, 0.1) is 0 Å². The van der Waals surface area contributed by atoms with E-state index >= 15 is 0 Å². The summed E-state index contributed by atoms with van der Waals surface area (Å²) in [5.41, 5.74) is 2.27. The van der Waals surface area contributed by atoms with E-state index in [9.17, 15) is 15.0 Å². The minimum absolute atomic E-state index is 0. The summed E-state index contributed by atoms with van der Waals surface area (Å²) in [6.07, 6.45) is 0.423. The molecule has 0 amide bonds. The molecule has 1 rings (SSSR count). The molecule has 0 aliphatic heterocycles. The molecule has 0 unspecified atom stereocenters. The summed E-state index contributed by atoms with van der Waals surface area (Å²) < 4.78 is 0. The van der Waals surface area contributed by atoms with Gasteiger partial charge in [-0.05, 0) is 40.4 Å². The van der Waals surface area contributed by atoms with E-state index in [4.69, 9.17) is 0 Å². The topological polar surface area (TPSA) is 60.4 Å². The average molecular weight is 284 g/mol. The molecule has 0 bridgehead atoms. The number of hydrogen-bond donors (Lipinski definition) is 1. The Hall–Kier alpha value is -0.913. The van der Waals surface area contributed by atoms with Crippen molar-refractivity contribution >= 4 is 5.97 Å². The number of carbonyl (C=O) groups excluding carboxylic acids is 1. The van der Waals surface area contributed by atoms with Crippen LogP contribution in [-0.2, 0) is 22.0 Å². The number of phenols is 1. The molecule has 0 radical (unpaired) electrons. The van der Waals surface area contributed by atoms with Gasteiger partial charge in [-0.2, -0.15) is 0 Å². The standard InChI is InChI=1S/C17H26O3.Li/c1-16(2,3)12-9-11(7-8-14(18)19)10-13(15(12)20)17(4,5)6;/h9-10,20H,7-8H2,1-6H3,(H,18,19);/q;+1/p-1. The maximum atomic E-state index is 10.6. The van der Waals surface area contributed by atoms with Crippen LogP contribution in [0.3, 0.4) is 0 Å². The van der Waals surface area contributed by atoms with Crippen LogP contribution in [0.15, 0.2) is 12.1 Å². The van der Waals surface area contributed by atoms with Crippen LogP contribution >= 0.6 is 0 Å². The molecule has 0 saturated heterocycles. The molecular weight excluding hydrogens is 259 g/mol. The fourth-order valence-electron chi connectivity index (χ4n) is 2.23. The van der Waals surface area contributed by atoms with Gasteiger partial charge in [0.1, 0.15) is 5.75 Å². The van der Waals surface area contributed by atoms with Crippen molar-refractivity contribution in [1.29, 1.82) is 0 Å². The van der Waals surface area contributed by atoms with Gasteiger partial charge < -0.3 is 15.0 Å². The molecule has 1 aromatic carbocycles. The Kier molecular flexibility index (Phi) is 6.60. The Balaban J connectivity index is 0.00000400. The van der Waals surface area contributed by atoms with E-state index in [1.165, 1.54) is 0 Å². The van der Waals surface area contributed by atoms with Crippen LogP contribution in [0.25, 0.3) is 0 Å². The van der Waals surface area contributed by atoms with Crippen molar-refractivity contribution in [1.82, 2.24) is 0 Å². The molecule has 0 heterocycles. The Labute approximate surface area is 139 Å². The second kappa shape index (κ2) is 6.90. The van der Waals surface area contributed by atoms with E-state index in [0.29, 0.717) is 12.2 Å². The molecule has 4 heteroatoms. The smallest absolute Gasteiger partial charge is 0.550 e. The molecule has 0 fully saturated rings. The van der Waals surface area contributed by atoms with Crippen molar-refractivity contribution < 1.29 is 33.9 Å². The van der Waals surface area contributed by atoms with Crippen molar-refractivity contribution in [2.45, 2.75) is 65.2 Å². The Morgan fingerprint density at radius 3 is 1.71 bits per heavy atom. The Morgan fingerprint density at radius 2 is 1.43 bits per heavy atom. The largest absolute Gasteiger partial charge is 1.00 e. The van der Waals surface area contributed by atoms with Crippen LogP contribution in [0.5, 0.6) is 5.75 Å². The summed E-state index contributed by atoms with van der Waals surface area (Å²) in [6.45, 7) is 12.2. The fourth-order valence-corrected chi connectivity index (χ4v) is 2.23. The molecule has 112 valence electrons. The number of aliphatic carboxylic acids is 1. The van der Waals surface area contributed by atoms with Gasteiger partial charge in [-0.25, -0.2) is 0 Å². The predicted molar refractivity (Wildman–Crippen MR) is 78.8 cm³/mol. The summed E-state index contributed by atoms with van der Waals surface area (Å²) >= 11 is 0. The SMILES string of the molecule is CC(C)(C)c1cc(CCC(=O)[O-])cc(C(C)(C)C)c1O.[Li+]. The third kappa shape index (κ3) is 5.41. The predicted octanol–water partition coefficient (Wildman–Crippen LogP) is -0.326. The molecule has 21 heavy (non-hydrogen) atoms. The molecule has 1 N–H and O–H groups in total. The maximum Gasteiger partial charge on any atom is 1.00 e. The van der Waals surface area contributed by atoms with Gasteiger partial charge in [0, 0.05) is 5.97 Å². The van der Waals surface area contributed by atoms with E-state index < -0.39 is 5.97 Å². The van der Waals surface area contributed by atoms with Crippen molar-refractivity contribution in [3.63, 3.8) is 0 Å². The number of phenolic OH excluding ortho intramolecular Hbond substituents is 1. The third-order valence-corrected chi connectivity index (χ3v) is 3.40. The zero-order chi connectivity index (χ0) is 15.7. The summed E-state index contributed by atoms with van der Waals surface area (Å²) in [6, 6.07) is 3.82. The second-order valence-electron chi connectivity index (χ2n) is 7.41. The van der Waals surface area contributed by atoms with Crippen molar-refractivity contribution in [3.05, 3.63) is 28.8 Å². The van der Waals surface area contributed by atoms with Gasteiger partial charge in [-0.3, -0.25) is 0 Å². The molecule has 1 aromatic rings. The monoisotopic (exact) mass is 284 g/mol. The molecule has 0 spiro atoms. The third-order valence-electron chi connectivity index (χ3n) is 3.40. The summed E-state index contributed by atoms with van der Waals surface area (Å²) in [4.78, 5) is 10.6. The number of carboxylic acid groups (broad SMARTS) is 1. The Morgan fingerprint density at radius 1 is 1.05 bits per heavy atom. The number of benzene rings is 1. The summed E-state index contributed by atoms with van der Waals surface area (Å²) in [7, 11) is 0. The zero-order valence-corrected chi connectivity index (χ0v) is 14.3. The van der Waals surface area contributed by atoms with Crippen molar-refractivity contribution in [2.24, 2.45) is 0 Å². The molecule has 0 aliphatic rings. The molecule has 0 saturated carbocycles. The van der Waals surface area contributed by atoms with Crippen LogP contribution in [0.4, 0.5) is 0 Å². The van der Waals surface area contributed by atoms with E-state index in [0.717, 1.165) is 16.7 Å². The number of aromatic hydroxyl groups is 1. The number of rotatable bonds is 3. The zero-order valence-electron chi connectivity index (χ0n) is 14.3. The minimum Gasteiger partial charge on any atom is -0.550 e. The summed E-state index contributed by atoms with van der Waals surface area (Å²) in [5, 5.41) is 21.2. The minimum atomic E-state index is -1.05. The van der Waals surface area contributed by atoms with Crippen molar-refractivity contribution in [3.8, 4) is 5.75 Å². The number of aryl methyl sites for hydroxylation is 1. The van der Waals surface area contributed by atoms with Crippen LogP contribution in [0.2, 0.25) is 0 Å². The first kappa shape index (κ1) is 20.1. The van der Waals surface area contributed by atoms with Gasteiger partial charge in [0.2, 0.25) is 0 Å².